The zero-order valence-corrected chi connectivity index (χ0v) is 17.9. The SMILES string of the molecule is Cc1cc(F)ccc1[C@@]12C(=O)N1CC[C@H](O)C2NCCc1cc(C(F)(F)F)cc(C(F)(F)F)c1. The number of benzene rings is 2. The summed E-state index contributed by atoms with van der Waals surface area (Å²) in [5.74, 6) is -0.780. The molecule has 2 heterocycles. The highest BCUT2D eigenvalue weighted by molar-refractivity contribution is 6.04. The Morgan fingerprint density at radius 3 is 2.24 bits per heavy atom. The zero-order chi connectivity index (χ0) is 25.1. The van der Waals surface area contributed by atoms with Gasteiger partial charge in [-0.2, -0.15) is 26.3 Å². The highest BCUT2D eigenvalue weighted by atomic mass is 19.4. The summed E-state index contributed by atoms with van der Waals surface area (Å²) in [5.41, 5.74) is -3.28. The van der Waals surface area contributed by atoms with Gasteiger partial charge in [0.2, 0.25) is 0 Å². The molecule has 0 bridgehead atoms. The number of hydrogen-bond acceptors (Lipinski definition) is 3. The molecule has 1 amide bonds. The molecule has 0 aliphatic carbocycles. The molecule has 2 aliphatic rings. The fourth-order valence-corrected chi connectivity index (χ4v) is 4.87. The molecule has 0 radical (unpaired) electrons. The number of carbonyl (C=O) groups is 1. The van der Waals surface area contributed by atoms with Crippen LogP contribution < -0.4 is 5.32 Å². The lowest BCUT2D eigenvalue weighted by Gasteiger charge is -2.36. The standard InChI is InChI=1S/C23H21F7N2O2/c1-12-8-16(24)2-3-17(12)21-19(18(33)5-7-32(21)20(21)34)31-6-4-13-9-14(22(25,26)27)11-15(10-13)23(28,29)30/h2-3,8-11,18-19,31,33H,4-7H2,1H3/t18-,19?,21+,32?/m0/s1. The van der Waals surface area contributed by atoms with Crippen molar-refractivity contribution in [1.29, 1.82) is 0 Å². The molecular formula is C23H21F7N2O2. The van der Waals surface area contributed by atoms with Gasteiger partial charge in [0.25, 0.3) is 5.91 Å². The molecule has 184 valence electrons. The average Bonchev–Trinajstić information content (AvgIpc) is 3.32. The number of rotatable bonds is 5. The average molecular weight is 490 g/mol. The number of carbonyl (C=O) groups excluding carboxylic acids is 1. The summed E-state index contributed by atoms with van der Waals surface area (Å²) >= 11 is 0. The lowest BCUT2D eigenvalue weighted by Crippen LogP contribution is -2.55. The molecule has 0 aromatic heterocycles. The smallest absolute Gasteiger partial charge is 0.391 e. The fourth-order valence-electron chi connectivity index (χ4n) is 4.87. The normalized spacial score (nSPS) is 24.9. The second-order valence-corrected chi connectivity index (χ2v) is 8.63. The van der Waals surface area contributed by atoms with E-state index in [0.29, 0.717) is 23.3 Å². The van der Waals surface area contributed by atoms with E-state index in [1.165, 1.54) is 23.1 Å². The van der Waals surface area contributed by atoms with Crippen molar-refractivity contribution in [2.45, 2.75) is 49.8 Å². The highest BCUT2D eigenvalue weighted by Gasteiger charge is 2.71. The van der Waals surface area contributed by atoms with E-state index in [4.69, 9.17) is 0 Å². The molecule has 4 rings (SSSR count). The van der Waals surface area contributed by atoms with Crippen LogP contribution in [-0.2, 0) is 29.1 Å². The maximum atomic E-state index is 13.6. The number of aryl methyl sites for hydroxylation is 1. The molecule has 2 saturated heterocycles. The Morgan fingerprint density at radius 2 is 1.68 bits per heavy atom. The number of aliphatic hydroxyl groups excluding tert-OH is 1. The molecule has 3 atom stereocenters. The number of halogens is 7. The lowest BCUT2D eigenvalue weighted by molar-refractivity contribution is -0.143. The summed E-state index contributed by atoms with van der Waals surface area (Å²) in [6.07, 6.45) is -10.9. The first-order valence-electron chi connectivity index (χ1n) is 10.5. The summed E-state index contributed by atoms with van der Waals surface area (Å²) < 4.78 is 92.3. The summed E-state index contributed by atoms with van der Waals surface area (Å²) in [7, 11) is 0. The van der Waals surface area contributed by atoms with Gasteiger partial charge in [0.1, 0.15) is 5.82 Å². The van der Waals surface area contributed by atoms with Gasteiger partial charge in [0.15, 0.2) is 5.54 Å². The predicted octanol–water partition coefficient (Wildman–Crippen LogP) is 4.17. The predicted molar refractivity (Wildman–Crippen MR) is 107 cm³/mol. The van der Waals surface area contributed by atoms with Crippen molar-refractivity contribution in [1.82, 2.24) is 10.2 Å². The number of nitrogens with one attached hydrogen (secondary N) is 1. The van der Waals surface area contributed by atoms with Crippen molar-refractivity contribution >= 4 is 5.91 Å². The van der Waals surface area contributed by atoms with E-state index in [9.17, 15) is 40.6 Å². The first kappa shape index (κ1) is 24.5. The van der Waals surface area contributed by atoms with Crippen molar-refractivity contribution in [3.05, 3.63) is 70.0 Å². The van der Waals surface area contributed by atoms with Gasteiger partial charge in [-0.05, 0) is 73.3 Å². The van der Waals surface area contributed by atoms with Gasteiger partial charge in [-0.25, -0.2) is 4.39 Å². The van der Waals surface area contributed by atoms with Crippen LogP contribution in [0.1, 0.15) is 34.2 Å². The summed E-state index contributed by atoms with van der Waals surface area (Å²) in [4.78, 5) is 14.3. The third-order valence-corrected chi connectivity index (χ3v) is 6.45. The molecule has 1 unspecified atom stereocenters. The summed E-state index contributed by atoms with van der Waals surface area (Å²) in [6, 6.07) is 4.41. The van der Waals surface area contributed by atoms with Crippen molar-refractivity contribution in [2.75, 3.05) is 13.1 Å². The lowest BCUT2D eigenvalue weighted by atomic mass is 9.82. The second kappa shape index (κ2) is 8.23. The first-order chi connectivity index (χ1) is 15.8. The van der Waals surface area contributed by atoms with Gasteiger partial charge in [-0.1, -0.05) is 6.07 Å². The number of hydrogen-bond donors (Lipinski definition) is 2. The molecule has 2 N–H and O–H groups in total. The number of amides is 1. The Morgan fingerprint density at radius 1 is 1.06 bits per heavy atom. The van der Waals surface area contributed by atoms with Crippen LogP contribution in [0.2, 0.25) is 0 Å². The van der Waals surface area contributed by atoms with E-state index >= 15 is 0 Å². The molecular weight excluding hydrogens is 469 g/mol. The molecule has 2 fully saturated rings. The number of piperidine rings is 1. The zero-order valence-electron chi connectivity index (χ0n) is 17.9. The molecule has 11 heteroatoms. The van der Waals surface area contributed by atoms with E-state index in [1.807, 2.05) is 0 Å². The second-order valence-electron chi connectivity index (χ2n) is 8.63. The maximum Gasteiger partial charge on any atom is 0.416 e. The first-order valence-corrected chi connectivity index (χ1v) is 10.5. The van der Waals surface area contributed by atoms with Gasteiger partial charge in [0.05, 0.1) is 23.3 Å². The van der Waals surface area contributed by atoms with E-state index in [2.05, 4.69) is 5.32 Å². The molecule has 4 nitrogen and oxygen atoms in total. The quantitative estimate of drug-likeness (QED) is 0.489. The molecule has 34 heavy (non-hydrogen) atoms. The number of fused-ring (bicyclic) bond motifs is 1. The van der Waals surface area contributed by atoms with Crippen LogP contribution in [0.5, 0.6) is 0 Å². The van der Waals surface area contributed by atoms with Gasteiger partial charge in [-0.3, -0.25) is 4.79 Å². The van der Waals surface area contributed by atoms with E-state index < -0.39 is 47.0 Å². The van der Waals surface area contributed by atoms with Gasteiger partial charge >= 0.3 is 12.4 Å². The Labute approximate surface area is 190 Å². The summed E-state index contributed by atoms with van der Waals surface area (Å²) in [6.45, 7) is 1.80. The molecule has 0 spiro atoms. The van der Waals surface area contributed by atoms with Crippen LogP contribution in [-0.4, -0.2) is 41.1 Å². The van der Waals surface area contributed by atoms with Crippen LogP contribution in [0.4, 0.5) is 30.7 Å². The van der Waals surface area contributed by atoms with E-state index in [-0.39, 0.29) is 43.5 Å². The Hall–Kier alpha value is -2.66. The summed E-state index contributed by atoms with van der Waals surface area (Å²) in [5, 5.41) is 13.6. The topological polar surface area (TPSA) is 52.3 Å². The van der Waals surface area contributed by atoms with Crippen LogP contribution in [0.15, 0.2) is 36.4 Å². The molecule has 2 aromatic carbocycles. The third-order valence-electron chi connectivity index (χ3n) is 6.45. The molecule has 0 saturated carbocycles. The van der Waals surface area contributed by atoms with Gasteiger partial charge in [0, 0.05) is 6.54 Å². The van der Waals surface area contributed by atoms with Crippen molar-refractivity contribution in [3.63, 3.8) is 0 Å². The number of aliphatic hydroxyl groups is 1. The minimum atomic E-state index is -4.95. The fraction of sp³-hybridized carbons (Fsp3) is 0.435. The van der Waals surface area contributed by atoms with E-state index in [0.717, 1.165) is 0 Å². The Kier molecular flexibility index (Phi) is 5.92. The van der Waals surface area contributed by atoms with Gasteiger partial charge < -0.3 is 15.3 Å². The minimum Gasteiger partial charge on any atom is -0.391 e. The number of alkyl halides is 6. The largest absolute Gasteiger partial charge is 0.416 e. The van der Waals surface area contributed by atoms with Crippen LogP contribution in [0, 0.1) is 12.7 Å². The van der Waals surface area contributed by atoms with Crippen LogP contribution in [0.25, 0.3) is 0 Å². The van der Waals surface area contributed by atoms with E-state index in [1.54, 1.807) is 6.92 Å². The monoisotopic (exact) mass is 490 g/mol. The minimum absolute atomic E-state index is 0.0643. The van der Waals surface area contributed by atoms with Gasteiger partial charge in [-0.15, -0.1) is 0 Å². The number of nitrogens with zero attached hydrogens (tertiary/aromatic N) is 1. The highest BCUT2D eigenvalue weighted by Crippen LogP contribution is 2.52. The van der Waals surface area contributed by atoms with Crippen LogP contribution >= 0.6 is 0 Å². The van der Waals surface area contributed by atoms with Crippen molar-refractivity contribution < 1.29 is 40.6 Å². The van der Waals surface area contributed by atoms with Crippen LogP contribution in [0.3, 0.4) is 0 Å². The third kappa shape index (κ3) is 4.15. The molecule has 2 aromatic rings. The Bertz CT molecular complexity index is 1080. The van der Waals surface area contributed by atoms with Crippen molar-refractivity contribution in [3.8, 4) is 0 Å². The maximum absolute atomic E-state index is 13.6. The molecule has 2 aliphatic heterocycles. The van der Waals surface area contributed by atoms with Crippen molar-refractivity contribution in [2.24, 2.45) is 0 Å². The Balaban J connectivity index is 1.59.